The van der Waals surface area contributed by atoms with Crippen molar-refractivity contribution in [2.75, 3.05) is 0 Å². The molecule has 1 heterocycles. The lowest BCUT2D eigenvalue weighted by molar-refractivity contribution is -0.200. The summed E-state index contributed by atoms with van der Waals surface area (Å²) in [6, 6.07) is 0. The predicted octanol–water partition coefficient (Wildman–Crippen LogP) is 3.65. The van der Waals surface area contributed by atoms with Crippen LogP contribution in [-0.4, -0.2) is 46.8 Å². The summed E-state index contributed by atoms with van der Waals surface area (Å²) in [6.45, 7) is 5.36. The van der Waals surface area contributed by atoms with E-state index in [0.717, 1.165) is 25.7 Å². The van der Waals surface area contributed by atoms with Crippen molar-refractivity contribution in [3.05, 3.63) is 0 Å². The summed E-state index contributed by atoms with van der Waals surface area (Å²) < 4.78 is 22.0. The highest BCUT2D eigenvalue weighted by atomic mass is 79.9. The van der Waals surface area contributed by atoms with Gasteiger partial charge in [0, 0.05) is 11.8 Å². The molecule has 1 aliphatic heterocycles. The second-order valence-electron chi connectivity index (χ2n) is 9.44. The highest BCUT2D eigenvalue weighted by Crippen LogP contribution is 2.63. The molecule has 4 rings (SSSR count). The largest absolute Gasteiger partial charge is 0.457 e. The summed E-state index contributed by atoms with van der Waals surface area (Å²) in [4.78, 5) is 38.4. The van der Waals surface area contributed by atoms with E-state index >= 15 is 0 Å². The quantitative estimate of drug-likeness (QED) is 0.178. The van der Waals surface area contributed by atoms with Crippen LogP contribution in [0, 0.1) is 17.3 Å². The molecule has 7 atom stereocenters. The molecular formula is C22H31BrO7. The first-order valence-corrected chi connectivity index (χ1v) is 12.0. The number of alkyl halides is 1. The van der Waals surface area contributed by atoms with Gasteiger partial charge in [-0.15, -0.1) is 0 Å². The molecule has 0 amide bonds. The summed E-state index contributed by atoms with van der Waals surface area (Å²) in [7, 11) is 0. The summed E-state index contributed by atoms with van der Waals surface area (Å²) >= 11 is 3.40. The Morgan fingerprint density at radius 1 is 1.30 bits per heavy atom. The Balaban J connectivity index is 1.41. The van der Waals surface area contributed by atoms with Crippen molar-refractivity contribution in [1.29, 1.82) is 0 Å². The Morgan fingerprint density at radius 2 is 2.00 bits per heavy atom. The zero-order chi connectivity index (χ0) is 21.7. The summed E-state index contributed by atoms with van der Waals surface area (Å²) in [5.41, 5.74) is -1.29. The van der Waals surface area contributed by atoms with Gasteiger partial charge in [0.1, 0.15) is 16.5 Å². The molecule has 30 heavy (non-hydrogen) atoms. The Hall–Kier alpha value is -1.15. The molecule has 0 N–H and O–H groups in total. The third-order valence-corrected chi connectivity index (χ3v) is 8.36. The van der Waals surface area contributed by atoms with Crippen molar-refractivity contribution < 1.29 is 33.3 Å². The van der Waals surface area contributed by atoms with E-state index in [2.05, 4.69) is 15.9 Å². The van der Waals surface area contributed by atoms with Crippen molar-refractivity contribution in [1.82, 2.24) is 0 Å². The van der Waals surface area contributed by atoms with Crippen LogP contribution in [-0.2, 0) is 33.3 Å². The van der Waals surface area contributed by atoms with Gasteiger partial charge in [0.2, 0.25) is 0 Å². The normalized spacial score (nSPS) is 38.1. The highest BCUT2D eigenvalue weighted by Gasteiger charge is 2.75. The van der Waals surface area contributed by atoms with Gasteiger partial charge in [0.05, 0.1) is 6.10 Å². The van der Waals surface area contributed by atoms with Gasteiger partial charge in [-0.25, -0.2) is 0 Å². The SMILES string of the molecule is CCC(C)(Br)C(=O)OC1C2CC3C1OC(=O)C3(C(=O)OC(C)OC1CCCCC1)C2. The molecule has 8 heteroatoms. The molecule has 168 valence electrons. The molecule has 3 saturated carbocycles. The third-order valence-electron chi connectivity index (χ3n) is 7.47. The van der Waals surface area contributed by atoms with Gasteiger partial charge in [-0.2, -0.15) is 0 Å². The smallest absolute Gasteiger partial charge is 0.326 e. The fourth-order valence-corrected chi connectivity index (χ4v) is 5.67. The van der Waals surface area contributed by atoms with Gasteiger partial charge >= 0.3 is 17.9 Å². The van der Waals surface area contributed by atoms with Gasteiger partial charge in [0.15, 0.2) is 11.7 Å². The number of ether oxygens (including phenoxy) is 4. The minimum absolute atomic E-state index is 0.0855. The molecule has 4 fully saturated rings. The molecule has 1 saturated heterocycles. The third kappa shape index (κ3) is 3.57. The van der Waals surface area contributed by atoms with E-state index in [1.165, 1.54) is 6.42 Å². The van der Waals surface area contributed by atoms with E-state index < -0.39 is 40.2 Å². The predicted molar refractivity (Wildman–Crippen MR) is 110 cm³/mol. The maximum absolute atomic E-state index is 13.1. The van der Waals surface area contributed by atoms with E-state index in [-0.39, 0.29) is 23.9 Å². The number of esters is 3. The first-order chi connectivity index (χ1) is 14.2. The van der Waals surface area contributed by atoms with E-state index in [1.807, 2.05) is 6.92 Å². The van der Waals surface area contributed by atoms with Crippen LogP contribution in [0.1, 0.15) is 72.1 Å². The van der Waals surface area contributed by atoms with E-state index in [9.17, 15) is 14.4 Å². The highest BCUT2D eigenvalue weighted by molar-refractivity contribution is 9.10. The van der Waals surface area contributed by atoms with Crippen molar-refractivity contribution in [2.45, 2.75) is 101 Å². The van der Waals surface area contributed by atoms with Crippen LogP contribution >= 0.6 is 15.9 Å². The molecule has 0 spiro atoms. The van der Waals surface area contributed by atoms with Crippen LogP contribution in [0.5, 0.6) is 0 Å². The number of carbonyl (C=O) groups excluding carboxylic acids is 3. The lowest BCUT2D eigenvalue weighted by atomic mass is 9.73. The molecule has 0 aromatic heterocycles. The van der Waals surface area contributed by atoms with Gasteiger partial charge in [0.25, 0.3) is 0 Å². The monoisotopic (exact) mass is 486 g/mol. The maximum atomic E-state index is 13.1. The van der Waals surface area contributed by atoms with Gasteiger partial charge in [-0.3, -0.25) is 14.4 Å². The average Bonchev–Trinajstić information content (AvgIpc) is 3.31. The van der Waals surface area contributed by atoms with Gasteiger partial charge in [-0.1, -0.05) is 42.1 Å². The van der Waals surface area contributed by atoms with Crippen molar-refractivity contribution >= 4 is 33.8 Å². The number of carbonyl (C=O) groups is 3. The zero-order valence-corrected chi connectivity index (χ0v) is 19.4. The van der Waals surface area contributed by atoms with E-state index in [1.54, 1.807) is 13.8 Å². The second-order valence-corrected chi connectivity index (χ2v) is 11.2. The number of hydrogen-bond acceptors (Lipinski definition) is 7. The van der Waals surface area contributed by atoms with Crippen molar-refractivity contribution in [3.8, 4) is 0 Å². The Labute approximate surface area is 185 Å². The topological polar surface area (TPSA) is 88.1 Å². The summed E-state index contributed by atoms with van der Waals surface area (Å²) in [6.07, 6.45) is 5.21. The van der Waals surface area contributed by atoms with Crippen LogP contribution in [0.25, 0.3) is 0 Å². The van der Waals surface area contributed by atoms with Crippen LogP contribution in [0.4, 0.5) is 0 Å². The Morgan fingerprint density at radius 3 is 2.67 bits per heavy atom. The Bertz CT molecular complexity index is 716. The minimum Gasteiger partial charge on any atom is -0.457 e. The van der Waals surface area contributed by atoms with Gasteiger partial charge in [-0.05, 0) is 46.0 Å². The minimum atomic E-state index is -1.29. The van der Waals surface area contributed by atoms with Crippen molar-refractivity contribution in [3.63, 3.8) is 0 Å². The first-order valence-electron chi connectivity index (χ1n) is 11.2. The number of rotatable bonds is 7. The average molecular weight is 487 g/mol. The fourth-order valence-electron chi connectivity index (χ4n) is 5.58. The molecule has 2 bridgehead atoms. The summed E-state index contributed by atoms with van der Waals surface area (Å²) in [5.74, 6) is -1.88. The maximum Gasteiger partial charge on any atom is 0.326 e. The van der Waals surface area contributed by atoms with Crippen LogP contribution in [0.15, 0.2) is 0 Å². The molecular weight excluding hydrogens is 456 g/mol. The molecule has 0 aromatic rings. The van der Waals surface area contributed by atoms with Crippen LogP contribution in [0.2, 0.25) is 0 Å². The lowest BCUT2D eigenvalue weighted by Crippen LogP contribution is -2.47. The molecule has 0 radical (unpaired) electrons. The molecule has 7 unspecified atom stereocenters. The molecule has 4 aliphatic rings. The Kier molecular flexibility index (Phi) is 5.94. The molecule has 7 nitrogen and oxygen atoms in total. The number of fused-ring (bicyclic) bond motifs is 1. The van der Waals surface area contributed by atoms with Crippen LogP contribution < -0.4 is 0 Å². The van der Waals surface area contributed by atoms with E-state index in [0.29, 0.717) is 19.3 Å². The summed E-state index contributed by atoms with van der Waals surface area (Å²) in [5, 5.41) is 0. The van der Waals surface area contributed by atoms with E-state index in [4.69, 9.17) is 18.9 Å². The molecule has 0 aromatic carbocycles. The first kappa shape index (κ1) is 22.1. The molecule has 3 aliphatic carbocycles. The number of halogens is 1. The lowest BCUT2D eigenvalue weighted by Gasteiger charge is -2.33. The van der Waals surface area contributed by atoms with Crippen molar-refractivity contribution in [2.24, 2.45) is 17.3 Å². The van der Waals surface area contributed by atoms with Gasteiger partial charge < -0.3 is 18.9 Å². The fraction of sp³-hybridized carbons (Fsp3) is 0.864. The standard InChI is InChI=1S/C22H31BrO7/c1-4-21(3,23)18(24)29-16-13-10-15-17(16)30-20(26)22(15,11-13)19(25)28-12(2)27-14-8-6-5-7-9-14/h12-17H,4-11H2,1-3H3. The zero-order valence-electron chi connectivity index (χ0n) is 17.9. The number of hydrogen-bond donors (Lipinski definition) is 0. The second kappa shape index (κ2) is 8.08. The van der Waals surface area contributed by atoms with Crippen LogP contribution in [0.3, 0.4) is 0 Å².